The number of hydrogen-bond donors (Lipinski definition) is 1. The van der Waals surface area contributed by atoms with E-state index in [-0.39, 0.29) is 5.82 Å². The molecule has 0 aliphatic carbocycles. The third-order valence-electron chi connectivity index (χ3n) is 2.79. The van der Waals surface area contributed by atoms with Crippen molar-refractivity contribution in [3.05, 3.63) is 42.6 Å². The van der Waals surface area contributed by atoms with Gasteiger partial charge in [-0.1, -0.05) is 12.1 Å². The average Bonchev–Trinajstić information content (AvgIpc) is 2.85. The standard InChI is InChI=1S/C13H12FN5/c1-2-15-12-9-7-18-19(13(9)17-8-16-12)11-6-4-3-5-10(11)14/h3-8H,2H2,1H3,(H,15,16,17). The topological polar surface area (TPSA) is 55.6 Å². The molecule has 3 rings (SSSR count). The molecule has 0 aliphatic heterocycles. The Bertz CT molecular complexity index is 722. The molecule has 0 aliphatic rings. The van der Waals surface area contributed by atoms with Gasteiger partial charge < -0.3 is 5.32 Å². The number of para-hydroxylation sites is 1. The maximum Gasteiger partial charge on any atom is 0.168 e. The molecule has 5 nitrogen and oxygen atoms in total. The van der Waals surface area contributed by atoms with Crippen molar-refractivity contribution in [2.75, 3.05) is 11.9 Å². The van der Waals surface area contributed by atoms with Crippen molar-refractivity contribution < 1.29 is 4.39 Å². The molecule has 0 bridgehead atoms. The van der Waals surface area contributed by atoms with E-state index in [4.69, 9.17) is 0 Å². The van der Waals surface area contributed by atoms with Gasteiger partial charge in [0.1, 0.15) is 23.6 Å². The highest BCUT2D eigenvalue weighted by Crippen LogP contribution is 2.22. The van der Waals surface area contributed by atoms with E-state index in [0.29, 0.717) is 17.2 Å². The van der Waals surface area contributed by atoms with E-state index in [2.05, 4.69) is 20.4 Å². The Balaban J connectivity index is 2.22. The van der Waals surface area contributed by atoms with Crippen LogP contribution in [0.25, 0.3) is 16.7 Å². The van der Waals surface area contributed by atoms with Crippen molar-refractivity contribution in [1.82, 2.24) is 19.7 Å². The Morgan fingerprint density at radius 1 is 1.26 bits per heavy atom. The van der Waals surface area contributed by atoms with Crippen LogP contribution in [0.4, 0.5) is 10.2 Å². The maximum absolute atomic E-state index is 13.8. The molecule has 0 saturated carbocycles. The first-order chi connectivity index (χ1) is 9.31. The summed E-state index contributed by atoms with van der Waals surface area (Å²) in [5.41, 5.74) is 0.953. The molecule has 96 valence electrons. The summed E-state index contributed by atoms with van der Waals surface area (Å²) in [6, 6.07) is 6.47. The van der Waals surface area contributed by atoms with Gasteiger partial charge in [-0.05, 0) is 19.1 Å². The molecule has 6 heteroatoms. The zero-order chi connectivity index (χ0) is 13.2. The zero-order valence-electron chi connectivity index (χ0n) is 10.3. The van der Waals surface area contributed by atoms with Crippen LogP contribution in [0.3, 0.4) is 0 Å². The van der Waals surface area contributed by atoms with E-state index in [1.165, 1.54) is 17.1 Å². The van der Waals surface area contributed by atoms with E-state index in [9.17, 15) is 4.39 Å². The molecule has 1 aromatic carbocycles. The van der Waals surface area contributed by atoms with Crippen LogP contribution in [-0.4, -0.2) is 26.3 Å². The third-order valence-corrected chi connectivity index (χ3v) is 2.79. The average molecular weight is 257 g/mol. The Labute approximate surface area is 109 Å². The fraction of sp³-hybridized carbons (Fsp3) is 0.154. The number of nitrogens with zero attached hydrogens (tertiary/aromatic N) is 4. The molecule has 0 unspecified atom stereocenters. The van der Waals surface area contributed by atoms with Crippen LogP contribution in [0.1, 0.15) is 6.92 Å². The zero-order valence-corrected chi connectivity index (χ0v) is 10.3. The predicted molar refractivity (Wildman–Crippen MR) is 70.8 cm³/mol. The quantitative estimate of drug-likeness (QED) is 0.782. The van der Waals surface area contributed by atoms with E-state index in [1.807, 2.05) is 6.92 Å². The lowest BCUT2D eigenvalue weighted by Crippen LogP contribution is -2.03. The second-order valence-electron chi connectivity index (χ2n) is 4.00. The summed E-state index contributed by atoms with van der Waals surface area (Å²) in [6.07, 6.45) is 3.08. The number of rotatable bonds is 3. The van der Waals surface area contributed by atoms with Crippen molar-refractivity contribution in [2.24, 2.45) is 0 Å². The van der Waals surface area contributed by atoms with Gasteiger partial charge >= 0.3 is 0 Å². The molecule has 19 heavy (non-hydrogen) atoms. The highest BCUT2D eigenvalue weighted by molar-refractivity contribution is 5.87. The predicted octanol–water partition coefficient (Wildman–Crippen LogP) is 2.39. The van der Waals surface area contributed by atoms with Crippen molar-refractivity contribution in [3.8, 4) is 5.69 Å². The first kappa shape index (κ1) is 11.6. The summed E-state index contributed by atoms with van der Waals surface area (Å²) in [5.74, 6) is 0.367. The number of hydrogen-bond acceptors (Lipinski definition) is 4. The first-order valence-corrected chi connectivity index (χ1v) is 5.98. The van der Waals surface area contributed by atoms with E-state index in [1.54, 1.807) is 24.4 Å². The maximum atomic E-state index is 13.8. The summed E-state index contributed by atoms with van der Waals surface area (Å²) in [4.78, 5) is 8.34. The van der Waals surface area contributed by atoms with Crippen molar-refractivity contribution in [1.29, 1.82) is 0 Å². The monoisotopic (exact) mass is 257 g/mol. The normalized spacial score (nSPS) is 10.8. The van der Waals surface area contributed by atoms with Gasteiger partial charge in [0, 0.05) is 6.54 Å². The molecular formula is C13H12FN5. The van der Waals surface area contributed by atoms with Crippen LogP contribution in [0.2, 0.25) is 0 Å². The smallest absolute Gasteiger partial charge is 0.168 e. The van der Waals surface area contributed by atoms with E-state index in [0.717, 1.165) is 11.9 Å². The lowest BCUT2D eigenvalue weighted by Gasteiger charge is -2.05. The molecule has 0 radical (unpaired) electrons. The van der Waals surface area contributed by atoms with E-state index < -0.39 is 0 Å². The van der Waals surface area contributed by atoms with Gasteiger partial charge in [-0.15, -0.1) is 0 Å². The number of anilines is 1. The molecular weight excluding hydrogens is 245 g/mol. The molecule has 0 saturated heterocycles. The SMILES string of the molecule is CCNc1ncnc2c1cnn2-c1ccccc1F. The number of benzene rings is 1. The van der Waals surface area contributed by atoms with Crippen molar-refractivity contribution in [3.63, 3.8) is 0 Å². The van der Waals surface area contributed by atoms with Gasteiger partial charge in [0.25, 0.3) is 0 Å². The summed E-state index contributed by atoms with van der Waals surface area (Å²) < 4.78 is 15.3. The Hall–Kier alpha value is -2.50. The van der Waals surface area contributed by atoms with Crippen molar-refractivity contribution in [2.45, 2.75) is 6.92 Å². The Kier molecular flexibility index (Phi) is 2.83. The lowest BCUT2D eigenvalue weighted by molar-refractivity contribution is 0.612. The summed E-state index contributed by atoms with van der Waals surface area (Å²) in [5, 5.41) is 8.11. The molecule has 0 atom stereocenters. The van der Waals surface area contributed by atoms with Crippen molar-refractivity contribution >= 4 is 16.9 Å². The minimum Gasteiger partial charge on any atom is -0.370 e. The molecule has 0 amide bonds. The summed E-state index contributed by atoms with van der Waals surface area (Å²) >= 11 is 0. The second-order valence-corrected chi connectivity index (χ2v) is 4.00. The van der Waals surface area contributed by atoms with Crippen LogP contribution >= 0.6 is 0 Å². The van der Waals surface area contributed by atoms with Gasteiger partial charge in [-0.3, -0.25) is 0 Å². The fourth-order valence-electron chi connectivity index (χ4n) is 1.95. The van der Waals surface area contributed by atoms with Gasteiger partial charge in [0.05, 0.1) is 11.6 Å². The molecule has 0 spiro atoms. The molecule has 2 heterocycles. The Morgan fingerprint density at radius 2 is 2.11 bits per heavy atom. The van der Waals surface area contributed by atoms with Crippen LogP contribution in [0, 0.1) is 5.82 Å². The molecule has 0 fully saturated rings. The number of fused-ring (bicyclic) bond motifs is 1. The minimum absolute atomic E-state index is 0.337. The summed E-state index contributed by atoms with van der Waals surface area (Å²) in [7, 11) is 0. The number of aromatic nitrogens is 4. The second kappa shape index (κ2) is 4.64. The molecule has 2 aromatic heterocycles. The largest absolute Gasteiger partial charge is 0.370 e. The Morgan fingerprint density at radius 3 is 2.89 bits per heavy atom. The molecule has 3 aromatic rings. The first-order valence-electron chi connectivity index (χ1n) is 5.98. The number of halogens is 1. The highest BCUT2D eigenvalue weighted by atomic mass is 19.1. The van der Waals surface area contributed by atoms with Crippen LogP contribution in [-0.2, 0) is 0 Å². The third kappa shape index (κ3) is 1.91. The highest BCUT2D eigenvalue weighted by Gasteiger charge is 2.12. The lowest BCUT2D eigenvalue weighted by atomic mass is 10.3. The van der Waals surface area contributed by atoms with Gasteiger partial charge in [0.2, 0.25) is 0 Å². The minimum atomic E-state index is -0.337. The summed E-state index contributed by atoms with van der Waals surface area (Å²) in [6.45, 7) is 2.73. The van der Waals surface area contributed by atoms with Crippen LogP contribution < -0.4 is 5.32 Å². The van der Waals surface area contributed by atoms with Crippen LogP contribution in [0.15, 0.2) is 36.8 Å². The number of nitrogens with one attached hydrogen (secondary N) is 1. The fourth-order valence-corrected chi connectivity index (χ4v) is 1.95. The van der Waals surface area contributed by atoms with Gasteiger partial charge in [-0.25, -0.2) is 19.0 Å². The van der Waals surface area contributed by atoms with Crippen LogP contribution in [0.5, 0.6) is 0 Å². The van der Waals surface area contributed by atoms with Gasteiger partial charge in [0.15, 0.2) is 5.65 Å². The molecule has 1 N–H and O–H groups in total. The van der Waals surface area contributed by atoms with E-state index >= 15 is 0 Å². The van der Waals surface area contributed by atoms with Gasteiger partial charge in [-0.2, -0.15) is 5.10 Å².